The Morgan fingerprint density at radius 3 is 2.92 bits per heavy atom. The van der Waals surface area contributed by atoms with Gasteiger partial charge in [-0.25, -0.2) is 8.42 Å². The van der Waals surface area contributed by atoms with Crippen molar-refractivity contribution in [1.82, 2.24) is 19.5 Å². The lowest BCUT2D eigenvalue weighted by molar-refractivity contribution is 0.0485. The summed E-state index contributed by atoms with van der Waals surface area (Å²) in [7, 11) is -3.76. The van der Waals surface area contributed by atoms with Crippen molar-refractivity contribution in [3.8, 4) is 0 Å². The second kappa shape index (κ2) is 5.62. The molecule has 2 N–H and O–H groups in total. The summed E-state index contributed by atoms with van der Waals surface area (Å²) < 4.78 is 27.6. The molecule has 25 heavy (non-hydrogen) atoms. The smallest absolute Gasteiger partial charge is 0.245 e. The maximum atomic E-state index is 13.1. The molecule has 0 amide bonds. The Balaban J connectivity index is 1.74. The first-order valence-electron chi connectivity index (χ1n) is 7.98. The van der Waals surface area contributed by atoms with Gasteiger partial charge < -0.3 is 5.11 Å². The van der Waals surface area contributed by atoms with Gasteiger partial charge in [-0.3, -0.25) is 10.1 Å². The second-order valence-corrected chi connectivity index (χ2v) is 8.34. The minimum atomic E-state index is -3.76. The lowest BCUT2D eigenvalue weighted by Crippen LogP contribution is -2.34. The zero-order valence-corrected chi connectivity index (χ0v) is 14.5. The number of H-pyrrole nitrogens is 1. The summed E-state index contributed by atoms with van der Waals surface area (Å²) in [6.07, 6.45) is 3.51. The number of fused-ring (bicyclic) bond motifs is 1. The number of β-amino-alcohol motifs (C(OH)–C–C–N with tert-alkyl or cyclic N) is 1. The van der Waals surface area contributed by atoms with Crippen LogP contribution in [-0.2, 0) is 15.6 Å². The van der Waals surface area contributed by atoms with Crippen LogP contribution < -0.4 is 0 Å². The summed E-state index contributed by atoms with van der Waals surface area (Å²) in [6.45, 7) is 2.14. The van der Waals surface area contributed by atoms with E-state index in [1.165, 1.54) is 4.31 Å². The molecule has 1 atom stereocenters. The molecule has 1 saturated heterocycles. The van der Waals surface area contributed by atoms with Crippen LogP contribution in [0.15, 0.2) is 47.6 Å². The summed E-state index contributed by atoms with van der Waals surface area (Å²) in [5, 5.41) is 18.1. The number of hydrogen-bond donors (Lipinski definition) is 2. The van der Waals surface area contributed by atoms with Crippen LogP contribution in [0.1, 0.15) is 17.7 Å². The average Bonchev–Trinajstić information content (AvgIpc) is 3.24. The Morgan fingerprint density at radius 1 is 1.32 bits per heavy atom. The van der Waals surface area contributed by atoms with Crippen LogP contribution in [0.2, 0.25) is 0 Å². The topological polar surface area (TPSA) is 99.2 Å². The Bertz CT molecular complexity index is 1030. The molecule has 1 aromatic carbocycles. The number of pyridine rings is 1. The first-order valence-corrected chi connectivity index (χ1v) is 9.42. The standard InChI is InChI=1S/C17H18N4O3S/c1-12-9-13-3-2-4-14(16(13)18-10-12)25(23,24)21-8-6-17(22,11-21)15-5-7-19-20-15/h2-5,7,9-10,22H,6,8,11H2,1H3,(H,19,20). The lowest BCUT2D eigenvalue weighted by atomic mass is 10.00. The van der Waals surface area contributed by atoms with E-state index in [1.807, 2.05) is 19.1 Å². The van der Waals surface area contributed by atoms with Gasteiger partial charge in [0.2, 0.25) is 10.0 Å². The van der Waals surface area contributed by atoms with E-state index in [0.717, 1.165) is 10.9 Å². The molecule has 4 rings (SSSR count). The van der Waals surface area contributed by atoms with Crippen LogP contribution in [0.4, 0.5) is 0 Å². The van der Waals surface area contributed by atoms with Crippen LogP contribution in [0.25, 0.3) is 10.9 Å². The van der Waals surface area contributed by atoms with Gasteiger partial charge in [0.15, 0.2) is 0 Å². The maximum Gasteiger partial charge on any atom is 0.245 e. The number of sulfonamides is 1. The molecular weight excluding hydrogens is 340 g/mol. The van der Waals surface area contributed by atoms with E-state index in [9.17, 15) is 13.5 Å². The van der Waals surface area contributed by atoms with E-state index in [-0.39, 0.29) is 18.0 Å². The fourth-order valence-electron chi connectivity index (χ4n) is 3.29. The molecule has 1 aliphatic heterocycles. The monoisotopic (exact) mass is 358 g/mol. The van der Waals surface area contributed by atoms with Crippen LogP contribution >= 0.6 is 0 Å². The molecule has 1 fully saturated rings. The zero-order chi connectivity index (χ0) is 17.7. The largest absolute Gasteiger partial charge is 0.382 e. The van der Waals surface area contributed by atoms with Crippen molar-refractivity contribution in [3.05, 3.63) is 54.0 Å². The van der Waals surface area contributed by atoms with Gasteiger partial charge in [0.05, 0.1) is 11.2 Å². The van der Waals surface area contributed by atoms with Crippen molar-refractivity contribution in [3.63, 3.8) is 0 Å². The van der Waals surface area contributed by atoms with Gasteiger partial charge in [-0.2, -0.15) is 9.40 Å². The van der Waals surface area contributed by atoms with Crippen molar-refractivity contribution < 1.29 is 13.5 Å². The first-order chi connectivity index (χ1) is 11.9. The highest BCUT2D eigenvalue weighted by Gasteiger charge is 2.44. The first kappa shape index (κ1) is 16.2. The molecule has 2 aromatic heterocycles. The molecule has 0 spiro atoms. The molecule has 130 valence electrons. The number of aryl methyl sites for hydroxylation is 1. The van der Waals surface area contributed by atoms with E-state index >= 15 is 0 Å². The van der Waals surface area contributed by atoms with Gasteiger partial charge in [0.25, 0.3) is 0 Å². The molecular formula is C17H18N4O3S. The fourth-order valence-corrected chi connectivity index (χ4v) is 4.95. The molecule has 1 unspecified atom stereocenters. The van der Waals surface area contributed by atoms with Gasteiger partial charge in [-0.1, -0.05) is 12.1 Å². The third-order valence-electron chi connectivity index (χ3n) is 4.64. The molecule has 8 heteroatoms. The quantitative estimate of drug-likeness (QED) is 0.740. The van der Waals surface area contributed by atoms with Crippen molar-refractivity contribution >= 4 is 20.9 Å². The number of nitrogens with one attached hydrogen (secondary N) is 1. The van der Waals surface area contributed by atoms with Crippen molar-refractivity contribution in [2.75, 3.05) is 13.1 Å². The molecule has 0 bridgehead atoms. The normalized spacial score (nSPS) is 21.8. The number of hydrogen-bond acceptors (Lipinski definition) is 5. The van der Waals surface area contributed by atoms with Crippen LogP contribution in [-0.4, -0.2) is 46.1 Å². The minimum Gasteiger partial charge on any atom is -0.382 e. The highest BCUT2D eigenvalue weighted by atomic mass is 32.2. The predicted octanol–water partition coefficient (Wildman–Crippen LogP) is 1.55. The number of rotatable bonds is 3. The Morgan fingerprint density at radius 2 is 2.16 bits per heavy atom. The number of aromatic amines is 1. The molecule has 0 aliphatic carbocycles. The number of benzene rings is 1. The third-order valence-corrected chi connectivity index (χ3v) is 6.52. The molecule has 7 nitrogen and oxygen atoms in total. The molecule has 3 aromatic rings. The van der Waals surface area contributed by atoms with E-state index in [4.69, 9.17) is 0 Å². The van der Waals surface area contributed by atoms with Gasteiger partial charge >= 0.3 is 0 Å². The van der Waals surface area contributed by atoms with E-state index in [0.29, 0.717) is 17.6 Å². The second-order valence-electron chi connectivity index (χ2n) is 6.43. The fraction of sp³-hybridized carbons (Fsp3) is 0.294. The van der Waals surface area contributed by atoms with Gasteiger partial charge in [-0.05, 0) is 37.1 Å². The number of aromatic nitrogens is 3. The van der Waals surface area contributed by atoms with Crippen LogP contribution in [0.3, 0.4) is 0 Å². The van der Waals surface area contributed by atoms with Crippen molar-refractivity contribution in [1.29, 1.82) is 0 Å². The van der Waals surface area contributed by atoms with Gasteiger partial charge in [-0.15, -0.1) is 0 Å². The maximum absolute atomic E-state index is 13.1. The van der Waals surface area contributed by atoms with Crippen molar-refractivity contribution in [2.24, 2.45) is 0 Å². The summed E-state index contributed by atoms with van der Waals surface area (Å²) in [5.74, 6) is 0. The summed E-state index contributed by atoms with van der Waals surface area (Å²) >= 11 is 0. The third kappa shape index (κ3) is 2.62. The zero-order valence-electron chi connectivity index (χ0n) is 13.7. The van der Waals surface area contributed by atoms with E-state index in [1.54, 1.807) is 30.6 Å². The number of para-hydroxylation sites is 1. The van der Waals surface area contributed by atoms with Crippen LogP contribution in [0.5, 0.6) is 0 Å². The van der Waals surface area contributed by atoms with E-state index < -0.39 is 15.6 Å². The van der Waals surface area contributed by atoms with Crippen molar-refractivity contribution in [2.45, 2.75) is 23.8 Å². The highest BCUT2D eigenvalue weighted by Crippen LogP contribution is 2.35. The summed E-state index contributed by atoms with van der Waals surface area (Å²) in [6, 6.07) is 8.70. The van der Waals surface area contributed by atoms with Gasteiger partial charge in [0, 0.05) is 30.9 Å². The Labute approximate surface area is 145 Å². The molecule has 1 aliphatic rings. The molecule has 0 radical (unpaired) electrons. The lowest BCUT2D eigenvalue weighted by Gasteiger charge is -2.22. The predicted molar refractivity (Wildman–Crippen MR) is 92.3 cm³/mol. The minimum absolute atomic E-state index is 0.0141. The molecule has 3 heterocycles. The average molecular weight is 358 g/mol. The summed E-state index contributed by atoms with van der Waals surface area (Å²) in [5.41, 5.74) is 0.692. The summed E-state index contributed by atoms with van der Waals surface area (Å²) in [4.78, 5) is 4.49. The Kier molecular flexibility index (Phi) is 3.64. The SMILES string of the molecule is Cc1cnc2c(S(=O)(=O)N3CCC(O)(c4ccn[nH]4)C3)cccc2c1. The molecule has 0 saturated carbocycles. The number of nitrogens with zero attached hydrogens (tertiary/aromatic N) is 3. The van der Waals surface area contributed by atoms with Gasteiger partial charge in [0.1, 0.15) is 10.5 Å². The Hall–Kier alpha value is -2.29. The highest BCUT2D eigenvalue weighted by molar-refractivity contribution is 7.89. The number of aliphatic hydroxyl groups is 1. The van der Waals surface area contributed by atoms with Crippen LogP contribution in [0, 0.1) is 6.92 Å². The van der Waals surface area contributed by atoms with E-state index in [2.05, 4.69) is 15.2 Å².